The van der Waals surface area contributed by atoms with Crippen molar-refractivity contribution >= 4 is 27.8 Å². The van der Waals surface area contributed by atoms with Gasteiger partial charge in [0.15, 0.2) is 11.5 Å². The summed E-state index contributed by atoms with van der Waals surface area (Å²) in [4.78, 5) is 12.6. The van der Waals surface area contributed by atoms with Crippen LogP contribution in [0.2, 0.25) is 0 Å². The van der Waals surface area contributed by atoms with Crippen molar-refractivity contribution in [3.05, 3.63) is 53.6 Å². The molecule has 0 saturated heterocycles. The predicted molar refractivity (Wildman–Crippen MR) is 144 cm³/mol. The Morgan fingerprint density at radius 3 is 2.14 bits per heavy atom. The molecule has 4 fully saturated rings. The molecule has 0 aromatic heterocycles. The zero-order valence-electron chi connectivity index (χ0n) is 21.6. The number of anilines is 1. The second kappa shape index (κ2) is 10.0. The molecule has 2 aromatic rings. The Labute approximate surface area is 219 Å². The van der Waals surface area contributed by atoms with E-state index in [1.165, 1.54) is 57.4 Å². The smallest absolute Gasteiger partial charge is 0.260 e. The molecule has 0 heterocycles. The normalized spacial score (nSPS) is 26.3. The summed E-state index contributed by atoms with van der Waals surface area (Å²) in [5, 5.41) is 3.98. The number of hydrogen-bond donors (Lipinski definition) is 1. The number of rotatable bonds is 9. The SMILES string of the molecule is COc1ccc(C=NNC(=O)CN(c2ccc(C34CC5CC(CC(C5)C3)C4)cc2)S(C)(=O)=O)cc1OC. The second-order valence-electron chi connectivity index (χ2n) is 10.9. The van der Waals surface area contributed by atoms with E-state index in [1.54, 1.807) is 25.3 Å². The highest BCUT2D eigenvalue weighted by Gasteiger charge is 2.51. The van der Waals surface area contributed by atoms with Crippen molar-refractivity contribution in [2.75, 3.05) is 31.3 Å². The molecule has 6 rings (SSSR count). The van der Waals surface area contributed by atoms with Crippen LogP contribution in [0.5, 0.6) is 11.5 Å². The van der Waals surface area contributed by atoms with Gasteiger partial charge in [-0.1, -0.05) is 12.1 Å². The number of methoxy groups -OCH3 is 2. The van der Waals surface area contributed by atoms with Gasteiger partial charge in [-0.25, -0.2) is 13.8 Å². The van der Waals surface area contributed by atoms with Gasteiger partial charge in [0, 0.05) is 0 Å². The maximum Gasteiger partial charge on any atom is 0.260 e. The van der Waals surface area contributed by atoms with E-state index in [4.69, 9.17) is 9.47 Å². The van der Waals surface area contributed by atoms with Gasteiger partial charge in [-0.3, -0.25) is 9.10 Å². The Bertz CT molecular complexity index is 1250. The Morgan fingerprint density at radius 1 is 1.00 bits per heavy atom. The van der Waals surface area contributed by atoms with Crippen LogP contribution in [0, 0.1) is 17.8 Å². The van der Waals surface area contributed by atoms with Gasteiger partial charge in [0.25, 0.3) is 5.91 Å². The lowest BCUT2D eigenvalue weighted by molar-refractivity contribution is -0.119. The van der Waals surface area contributed by atoms with Gasteiger partial charge in [0.2, 0.25) is 10.0 Å². The quantitative estimate of drug-likeness (QED) is 0.393. The van der Waals surface area contributed by atoms with Crippen molar-refractivity contribution in [2.24, 2.45) is 22.9 Å². The van der Waals surface area contributed by atoms with Crippen molar-refractivity contribution in [1.82, 2.24) is 5.43 Å². The number of hydrazone groups is 1. The summed E-state index contributed by atoms with van der Waals surface area (Å²) >= 11 is 0. The molecule has 37 heavy (non-hydrogen) atoms. The molecule has 1 N–H and O–H groups in total. The van der Waals surface area contributed by atoms with Crippen molar-refractivity contribution < 1.29 is 22.7 Å². The van der Waals surface area contributed by atoms with Crippen molar-refractivity contribution in [3.63, 3.8) is 0 Å². The molecule has 4 saturated carbocycles. The number of carbonyl (C=O) groups is 1. The van der Waals surface area contributed by atoms with E-state index < -0.39 is 15.9 Å². The largest absolute Gasteiger partial charge is 0.493 e. The second-order valence-corrected chi connectivity index (χ2v) is 12.8. The Hall–Kier alpha value is -3.07. The van der Waals surface area contributed by atoms with Crippen LogP contribution in [0.4, 0.5) is 5.69 Å². The van der Waals surface area contributed by atoms with Gasteiger partial charge >= 0.3 is 0 Å². The van der Waals surface area contributed by atoms with Crippen LogP contribution in [-0.2, 0) is 20.2 Å². The number of benzene rings is 2. The minimum Gasteiger partial charge on any atom is -0.493 e. The molecule has 2 aromatic carbocycles. The van der Waals surface area contributed by atoms with E-state index in [0.29, 0.717) is 22.7 Å². The number of nitrogens with zero attached hydrogens (tertiary/aromatic N) is 2. The van der Waals surface area contributed by atoms with E-state index in [2.05, 4.69) is 22.7 Å². The van der Waals surface area contributed by atoms with Crippen molar-refractivity contribution in [2.45, 2.75) is 43.9 Å². The van der Waals surface area contributed by atoms with E-state index in [-0.39, 0.29) is 12.0 Å². The molecule has 0 spiro atoms. The topological polar surface area (TPSA) is 97.3 Å². The third kappa shape index (κ3) is 5.32. The lowest BCUT2D eigenvalue weighted by Gasteiger charge is -2.57. The van der Waals surface area contributed by atoms with Gasteiger partial charge in [-0.2, -0.15) is 5.10 Å². The molecule has 4 bridgehead atoms. The van der Waals surface area contributed by atoms with E-state index in [9.17, 15) is 13.2 Å². The molecule has 4 aliphatic rings. The summed E-state index contributed by atoms with van der Waals surface area (Å²) in [6.07, 6.45) is 10.4. The number of nitrogens with one attached hydrogen (secondary N) is 1. The van der Waals surface area contributed by atoms with Crippen LogP contribution in [-0.4, -0.2) is 47.6 Å². The fourth-order valence-electron chi connectivity index (χ4n) is 7.12. The summed E-state index contributed by atoms with van der Waals surface area (Å²) in [5.74, 6) is 3.09. The fourth-order valence-corrected chi connectivity index (χ4v) is 7.98. The van der Waals surface area contributed by atoms with Crippen molar-refractivity contribution in [1.29, 1.82) is 0 Å². The third-order valence-electron chi connectivity index (χ3n) is 8.30. The minimum absolute atomic E-state index is 0.236. The first-order chi connectivity index (χ1) is 17.7. The molecule has 9 heteroatoms. The third-order valence-corrected chi connectivity index (χ3v) is 9.44. The molecule has 0 aliphatic heterocycles. The maximum atomic E-state index is 12.6. The highest BCUT2D eigenvalue weighted by molar-refractivity contribution is 7.92. The fraction of sp³-hybridized carbons (Fsp3) is 0.500. The van der Waals surface area contributed by atoms with E-state index >= 15 is 0 Å². The van der Waals surface area contributed by atoms with E-state index in [0.717, 1.165) is 28.3 Å². The average molecular weight is 526 g/mol. The first-order valence-corrected chi connectivity index (χ1v) is 14.7. The summed E-state index contributed by atoms with van der Waals surface area (Å²) in [7, 11) is -0.585. The van der Waals surface area contributed by atoms with Gasteiger partial charge in [0.1, 0.15) is 6.54 Å². The average Bonchev–Trinajstić information content (AvgIpc) is 2.86. The zero-order chi connectivity index (χ0) is 26.2. The molecule has 1 amide bonds. The van der Waals surface area contributed by atoms with Crippen LogP contribution in [0.1, 0.15) is 49.7 Å². The van der Waals surface area contributed by atoms with Crippen LogP contribution in [0.25, 0.3) is 0 Å². The van der Waals surface area contributed by atoms with Crippen LogP contribution in [0.3, 0.4) is 0 Å². The molecule has 0 radical (unpaired) electrons. The number of amides is 1. The molecule has 4 aliphatic carbocycles. The van der Waals surface area contributed by atoms with Gasteiger partial charge in [0.05, 0.1) is 32.4 Å². The van der Waals surface area contributed by atoms with E-state index in [1.807, 2.05) is 12.1 Å². The number of carbonyl (C=O) groups excluding carboxylic acids is 1. The summed E-state index contributed by atoms with van der Waals surface area (Å²) < 4.78 is 36.8. The Balaban J connectivity index is 1.26. The summed E-state index contributed by atoms with van der Waals surface area (Å²) in [5.41, 5.74) is 5.14. The first-order valence-electron chi connectivity index (χ1n) is 12.8. The molecule has 0 unspecified atom stereocenters. The Morgan fingerprint density at radius 2 is 1.59 bits per heavy atom. The molecule has 8 nitrogen and oxygen atoms in total. The monoisotopic (exact) mass is 525 g/mol. The first kappa shape index (κ1) is 25.6. The lowest BCUT2D eigenvalue weighted by atomic mass is 9.48. The highest BCUT2D eigenvalue weighted by atomic mass is 32.2. The standard InChI is InChI=1S/C28H35N3O5S/c1-35-25-9-4-19(13-26(25)36-2)17-29-30-27(32)18-31(37(3,33)34)24-7-5-23(6-8-24)28-14-20-10-21(15-28)12-22(11-20)16-28/h4-9,13,17,20-22H,10-12,14-16,18H2,1-3H3,(H,30,32). The lowest BCUT2D eigenvalue weighted by Crippen LogP contribution is -2.48. The van der Waals surface area contributed by atoms with Gasteiger partial charge in [-0.05, 0) is 103 Å². The number of sulfonamides is 1. The highest BCUT2D eigenvalue weighted by Crippen LogP contribution is 2.60. The molecular weight excluding hydrogens is 490 g/mol. The number of hydrogen-bond acceptors (Lipinski definition) is 6. The van der Waals surface area contributed by atoms with Crippen molar-refractivity contribution in [3.8, 4) is 11.5 Å². The summed E-state index contributed by atoms with van der Waals surface area (Å²) in [6, 6.07) is 13.1. The van der Waals surface area contributed by atoms with Crippen LogP contribution < -0.4 is 19.2 Å². The Kier molecular flexibility index (Phi) is 6.91. The minimum atomic E-state index is -3.67. The van der Waals surface area contributed by atoms with Crippen LogP contribution >= 0.6 is 0 Å². The van der Waals surface area contributed by atoms with Gasteiger partial charge in [-0.15, -0.1) is 0 Å². The predicted octanol–water partition coefficient (Wildman–Crippen LogP) is 4.09. The van der Waals surface area contributed by atoms with Gasteiger partial charge < -0.3 is 9.47 Å². The summed E-state index contributed by atoms with van der Waals surface area (Å²) in [6.45, 7) is -0.362. The number of ether oxygens (including phenoxy) is 2. The molecule has 198 valence electrons. The molecule has 0 atom stereocenters. The van der Waals surface area contributed by atoms with Crippen LogP contribution in [0.15, 0.2) is 47.6 Å². The molecular formula is C28H35N3O5S. The zero-order valence-corrected chi connectivity index (χ0v) is 22.5. The maximum absolute atomic E-state index is 12.6.